The molecule has 0 aliphatic carbocycles. The molecule has 126 valence electrons. The quantitative estimate of drug-likeness (QED) is 0.812. The van der Waals surface area contributed by atoms with Crippen LogP contribution in [0.5, 0.6) is 0 Å². The smallest absolute Gasteiger partial charge is 0.399 e. The van der Waals surface area contributed by atoms with Crippen molar-refractivity contribution in [3.63, 3.8) is 0 Å². The summed E-state index contributed by atoms with van der Waals surface area (Å²) in [6.07, 6.45) is 1.68. The molecule has 0 atom stereocenters. The van der Waals surface area contributed by atoms with Gasteiger partial charge in [0.2, 0.25) is 0 Å². The highest BCUT2D eigenvalue weighted by Gasteiger charge is 2.51. The lowest BCUT2D eigenvalue weighted by Gasteiger charge is -2.32. The van der Waals surface area contributed by atoms with E-state index >= 15 is 0 Å². The topological polar surface area (TPSA) is 40.5 Å². The Balaban J connectivity index is 1.91. The Morgan fingerprint density at radius 1 is 1.04 bits per heavy atom. The second kappa shape index (κ2) is 5.86. The van der Waals surface area contributed by atoms with Crippen LogP contribution in [0.15, 0.2) is 47.4 Å². The fourth-order valence-corrected chi connectivity index (χ4v) is 2.60. The van der Waals surface area contributed by atoms with E-state index in [9.17, 15) is 9.18 Å². The molecule has 24 heavy (non-hydrogen) atoms. The number of aromatic nitrogens is 1. The fraction of sp³-hybridized carbons (Fsp3) is 0.389. The van der Waals surface area contributed by atoms with Gasteiger partial charge in [0.05, 0.1) is 17.7 Å². The van der Waals surface area contributed by atoms with Crippen LogP contribution in [0.4, 0.5) is 4.39 Å². The lowest BCUT2D eigenvalue weighted by molar-refractivity contribution is 0.00578. The van der Waals surface area contributed by atoms with E-state index in [1.807, 2.05) is 27.7 Å². The fourth-order valence-electron chi connectivity index (χ4n) is 2.60. The van der Waals surface area contributed by atoms with Gasteiger partial charge in [-0.05, 0) is 39.2 Å². The van der Waals surface area contributed by atoms with Crippen LogP contribution in [0.25, 0.3) is 0 Å². The van der Waals surface area contributed by atoms with E-state index in [-0.39, 0.29) is 17.9 Å². The van der Waals surface area contributed by atoms with Gasteiger partial charge >= 0.3 is 7.12 Å². The van der Waals surface area contributed by atoms with Gasteiger partial charge in [0.1, 0.15) is 5.82 Å². The first kappa shape index (κ1) is 16.9. The maximum atomic E-state index is 13.8. The standard InChI is InChI=1S/C18H21BFNO3/c1-17(2)18(3,4)24-19(23-17)14-9-10-16(22)21(12-14)11-13-7-5-6-8-15(13)20/h5-10,12H,11H2,1-4H3. The van der Waals surface area contributed by atoms with E-state index in [4.69, 9.17) is 9.31 Å². The van der Waals surface area contributed by atoms with Gasteiger partial charge in [0, 0.05) is 17.8 Å². The second-order valence-electron chi connectivity index (χ2n) is 7.11. The zero-order valence-electron chi connectivity index (χ0n) is 14.4. The van der Waals surface area contributed by atoms with Crippen LogP contribution >= 0.6 is 0 Å². The van der Waals surface area contributed by atoms with Crippen molar-refractivity contribution in [1.82, 2.24) is 4.57 Å². The molecule has 1 aromatic carbocycles. The van der Waals surface area contributed by atoms with Gasteiger partial charge in [-0.3, -0.25) is 4.79 Å². The Hall–Kier alpha value is -1.92. The predicted molar refractivity (Wildman–Crippen MR) is 91.9 cm³/mol. The Labute approximate surface area is 141 Å². The van der Waals surface area contributed by atoms with E-state index < -0.39 is 18.3 Å². The molecule has 2 aromatic rings. The van der Waals surface area contributed by atoms with E-state index in [1.54, 1.807) is 30.5 Å². The highest BCUT2D eigenvalue weighted by molar-refractivity contribution is 6.62. The molecule has 1 saturated heterocycles. The summed E-state index contributed by atoms with van der Waals surface area (Å²) >= 11 is 0. The summed E-state index contributed by atoms with van der Waals surface area (Å²) in [7, 11) is -0.553. The summed E-state index contributed by atoms with van der Waals surface area (Å²) in [5.74, 6) is -0.328. The number of halogens is 1. The van der Waals surface area contributed by atoms with Crippen molar-refractivity contribution in [1.29, 1.82) is 0 Å². The van der Waals surface area contributed by atoms with Crippen molar-refractivity contribution in [3.8, 4) is 0 Å². The minimum Gasteiger partial charge on any atom is -0.399 e. The van der Waals surface area contributed by atoms with E-state index in [0.29, 0.717) is 5.56 Å². The molecule has 1 aliphatic heterocycles. The van der Waals surface area contributed by atoms with Crippen LogP contribution in [0.1, 0.15) is 33.3 Å². The lowest BCUT2D eigenvalue weighted by Crippen LogP contribution is -2.41. The third-order valence-electron chi connectivity index (χ3n) is 4.83. The van der Waals surface area contributed by atoms with Gasteiger partial charge in [-0.1, -0.05) is 24.3 Å². The first-order valence-electron chi connectivity index (χ1n) is 7.99. The average molecular weight is 329 g/mol. The Bertz CT molecular complexity index is 800. The molecule has 0 N–H and O–H groups in total. The van der Waals surface area contributed by atoms with Gasteiger partial charge in [-0.15, -0.1) is 0 Å². The Morgan fingerprint density at radius 2 is 1.67 bits per heavy atom. The summed E-state index contributed by atoms with van der Waals surface area (Å²) < 4.78 is 27.3. The van der Waals surface area contributed by atoms with Crippen LogP contribution in [-0.4, -0.2) is 22.9 Å². The maximum absolute atomic E-state index is 13.8. The SMILES string of the molecule is CC1(C)OB(c2ccc(=O)n(Cc3ccccc3F)c2)OC1(C)C. The second-order valence-corrected chi connectivity index (χ2v) is 7.11. The monoisotopic (exact) mass is 329 g/mol. The predicted octanol–water partition coefficient (Wildman–Crippen LogP) is 2.33. The molecule has 0 bridgehead atoms. The molecule has 6 heteroatoms. The molecule has 1 fully saturated rings. The summed E-state index contributed by atoms with van der Waals surface area (Å²) in [4.78, 5) is 12.1. The van der Waals surface area contributed by atoms with Crippen molar-refractivity contribution in [2.75, 3.05) is 0 Å². The molecule has 1 aliphatic rings. The van der Waals surface area contributed by atoms with Gasteiger partial charge in [0.25, 0.3) is 5.56 Å². The van der Waals surface area contributed by atoms with Crippen LogP contribution in [-0.2, 0) is 15.9 Å². The number of benzene rings is 1. The highest BCUT2D eigenvalue weighted by Crippen LogP contribution is 2.36. The van der Waals surface area contributed by atoms with Crippen LogP contribution in [0.2, 0.25) is 0 Å². The molecule has 2 heterocycles. The molecule has 0 saturated carbocycles. The molecule has 0 radical (unpaired) electrons. The van der Waals surface area contributed by atoms with Gasteiger partial charge in [0.15, 0.2) is 0 Å². The van der Waals surface area contributed by atoms with E-state index in [1.165, 1.54) is 16.7 Å². The molecular formula is C18H21BFNO3. The van der Waals surface area contributed by atoms with Crippen LogP contribution < -0.4 is 11.0 Å². The number of pyridine rings is 1. The number of hydrogen-bond donors (Lipinski definition) is 0. The van der Waals surface area contributed by atoms with Crippen molar-refractivity contribution in [3.05, 3.63) is 64.3 Å². The summed E-state index contributed by atoms with van der Waals surface area (Å²) in [6, 6.07) is 9.59. The number of hydrogen-bond acceptors (Lipinski definition) is 3. The number of rotatable bonds is 3. The largest absolute Gasteiger partial charge is 0.496 e. The van der Waals surface area contributed by atoms with Crippen molar-refractivity contribution >= 4 is 12.6 Å². The third kappa shape index (κ3) is 3.04. The van der Waals surface area contributed by atoms with Gasteiger partial charge < -0.3 is 13.9 Å². The summed E-state index contributed by atoms with van der Waals surface area (Å²) in [6.45, 7) is 8.06. The minimum absolute atomic E-state index is 0.166. The molecule has 0 spiro atoms. The first-order chi connectivity index (χ1) is 11.2. The van der Waals surface area contributed by atoms with Crippen molar-refractivity contribution in [2.24, 2.45) is 0 Å². The Morgan fingerprint density at radius 3 is 2.29 bits per heavy atom. The number of nitrogens with zero attached hydrogens (tertiary/aromatic N) is 1. The normalized spacial score (nSPS) is 18.8. The van der Waals surface area contributed by atoms with Crippen molar-refractivity contribution < 1.29 is 13.7 Å². The molecule has 0 unspecified atom stereocenters. The summed E-state index contributed by atoms with van der Waals surface area (Å²) in [5.41, 5.74) is 0.0997. The first-order valence-corrected chi connectivity index (χ1v) is 7.99. The van der Waals surface area contributed by atoms with E-state index in [2.05, 4.69) is 0 Å². The molecule has 3 rings (SSSR count). The molecule has 0 amide bonds. The molecule has 1 aromatic heterocycles. The van der Waals surface area contributed by atoms with E-state index in [0.717, 1.165) is 5.46 Å². The van der Waals surface area contributed by atoms with Gasteiger partial charge in [-0.2, -0.15) is 0 Å². The Kier molecular flexibility index (Phi) is 4.14. The maximum Gasteiger partial charge on any atom is 0.496 e. The minimum atomic E-state index is -0.553. The zero-order valence-corrected chi connectivity index (χ0v) is 14.4. The van der Waals surface area contributed by atoms with Crippen LogP contribution in [0, 0.1) is 5.82 Å². The van der Waals surface area contributed by atoms with Crippen LogP contribution in [0.3, 0.4) is 0 Å². The van der Waals surface area contributed by atoms with Crippen molar-refractivity contribution in [2.45, 2.75) is 45.4 Å². The van der Waals surface area contributed by atoms with Gasteiger partial charge in [-0.25, -0.2) is 4.39 Å². The molecular weight excluding hydrogens is 308 g/mol. The average Bonchev–Trinajstić information content (AvgIpc) is 2.72. The zero-order chi connectivity index (χ0) is 17.5. The lowest BCUT2D eigenvalue weighted by atomic mass is 9.80. The summed E-state index contributed by atoms with van der Waals surface area (Å²) in [5, 5.41) is 0. The molecule has 4 nitrogen and oxygen atoms in total. The highest BCUT2D eigenvalue weighted by atomic mass is 19.1. The third-order valence-corrected chi connectivity index (χ3v) is 4.83.